The van der Waals surface area contributed by atoms with Crippen LogP contribution in [-0.4, -0.2) is 28.1 Å². The van der Waals surface area contributed by atoms with Crippen molar-refractivity contribution in [1.82, 2.24) is 0 Å². The maximum absolute atomic E-state index is 11.5. The molecule has 0 aliphatic heterocycles. The van der Waals surface area contributed by atoms with E-state index in [1.54, 1.807) is 11.0 Å². The quantitative estimate of drug-likeness (QED) is 0.508. The first-order valence-electron chi connectivity index (χ1n) is 6.19. The molecule has 1 aromatic rings. The van der Waals surface area contributed by atoms with Crippen LogP contribution in [0, 0.1) is 10.1 Å². The molecule has 7 heteroatoms. The van der Waals surface area contributed by atoms with Crippen LogP contribution in [0.4, 0.5) is 11.4 Å². The van der Waals surface area contributed by atoms with E-state index >= 15 is 0 Å². The zero-order valence-electron chi connectivity index (χ0n) is 12.1. The van der Waals surface area contributed by atoms with Gasteiger partial charge in [-0.15, -0.1) is 6.58 Å². The fourth-order valence-corrected chi connectivity index (χ4v) is 2.27. The summed E-state index contributed by atoms with van der Waals surface area (Å²) in [5.41, 5.74) is -0.736. The van der Waals surface area contributed by atoms with Crippen molar-refractivity contribution in [2.45, 2.75) is 26.3 Å². The number of non-ortho nitro benzene ring substituents is 1. The lowest BCUT2D eigenvalue weighted by atomic mass is 10.0. The average Bonchev–Trinajstić information content (AvgIpc) is 2.34. The molecular formula is C14H17ClN2O4. The first kappa shape index (κ1) is 17.0. The minimum absolute atomic E-state index is 0.0263. The van der Waals surface area contributed by atoms with Crippen molar-refractivity contribution in [3.05, 3.63) is 45.5 Å². The lowest BCUT2D eigenvalue weighted by molar-refractivity contribution is -0.384. The van der Waals surface area contributed by atoms with E-state index in [0.717, 1.165) is 12.1 Å². The van der Waals surface area contributed by atoms with Gasteiger partial charge in [-0.3, -0.25) is 10.1 Å². The third kappa shape index (κ3) is 3.72. The fraction of sp³-hybridized carbons (Fsp3) is 0.357. The smallest absolute Gasteiger partial charge is 0.338 e. The standard InChI is InChI=1S/C14H17ClN2O4/c1-5-6-16(14(2,3)4)12-10(13(18)19)7-9(17(20)21)8-11(12)15/h5,7-8H,1,6H2,2-4H3,(H,18,19). The van der Waals surface area contributed by atoms with E-state index < -0.39 is 16.4 Å². The van der Waals surface area contributed by atoms with Gasteiger partial charge in [0.2, 0.25) is 0 Å². The maximum Gasteiger partial charge on any atom is 0.338 e. The van der Waals surface area contributed by atoms with Gasteiger partial charge in [0.25, 0.3) is 5.69 Å². The molecule has 21 heavy (non-hydrogen) atoms. The molecule has 0 amide bonds. The number of carboxylic acid groups (broad SMARTS) is 1. The topological polar surface area (TPSA) is 83.7 Å². The first-order valence-corrected chi connectivity index (χ1v) is 6.57. The second-order valence-electron chi connectivity index (χ2n) is 5.46. The fourth-order valence-electron chi connectivity index (χ4n) is 1.96. The molecule has 0 aromatic heterocycles. The molecule has 0 fully saturated rings. The van der Waals surface area contributed by atoms with Crippen molar-refractivity contribution < 1.29 is 14.8 Å². The Balaban J connectivity index is 3.63. The molecule has 1 rings (SSSR count). The van der Waals surface area contributed by atoms with Crippen molar-refractivity contribution in [3.8, 4) is 0 Å². The molecule has 0 bridgehead atoms. The van der Waals surface area contributed by atoms with Crippen LogP contribution in [-0.2, 0) is 0 Å². The highest BCUT2D eigenvalue weighted by molar-refractivity contribution is 6.34. The van der Waals surface area contributed by atoms with Gasteiger partial charge in [-0.25, -0.2) is 4.79 Å². The predicted molar refractivity (Wildman–Crippen MR) is 82.4 cm³/mol. The lowest BCUT2D eigenvalue weighted by Gasteiger charge is -2.38. The van der Waals surface area contributed by atoms with Crippen molar-refractivity contribution in [2.75, 3.05) is 11.4 Å². The Morgan fingerprint density at radius 3 is 2.48 bits per heavy atom. The van der Waals surface area contributed by atoms with Crippen LogP contribution in [0.15, 0.2) is 24.8 Å². The number of aromatic carboxylic acids is 1. The minimum Gasteiger partial charge on any atom is -0.478 e. The number of rotatable bonds is 5. The summed E-state index contributed by atoms with van der Waals surface area (Å²) in [7, 11) is 0. The molecule has 0 saturated carbocycles. The number of halogens is 1. The van der Waals surface area contributed by atoms with Crippen LogP contribution in [0.3, 0.4) is 0 Å². The third-order valence-electron chi connectivity index (χ3n) is 2.88. The Kier molecular flexibility index (Phi) is 4.96. The van der Waals surface area contributed by atoms with Crippen molar-refractivity contribution in [3.63, 3.8) is 0 Å². The Hall–Kier alpha value is -2.08. The van der Waals surface area contributed by atoms with E-state index in [4.69, 9.17) is 11.6 Å². The summed E-state index contributed by atoms with van der Waals surface area (Å²) >= 11 is 6.12. The highest BCUT2D eigenvalue weighted by atomic mass is 35.5. The van der Waals surface area contributed by atoms with Gasteiger partial charge >= 0.3 is 5.97 Å². The van der Waals surface area contributed by atoms with E-state index in [9.17, 15) is 20.0 Å². The number of nitro groups is 1. The Bertz CT molecular complexity index is 593. The van der Waals surface area contributed by atoms with Crippen LogP contribution in [0.5, 0.6) is 0 Å². The number of benzene rings is 1. The van der Waals surface area contributed by atoms with E-state index in [0.29, 0.717) is 6.54 Å². The minimum atomic E-state index is -1.27. The van der Waals surface area contributed by atoms with Crippen LogP contribution in [0.1, 0.15) is 31.1 Å². The van der Waals surface area contributed by atoms with Crippen molar-refractivity contribution in [2.24, 2.45) is 0 Å². The zero-order valence-corrected chi connectivity index (χ0v) is 12.8. The molecule has 1 N–H and O–H groups in total. The van der Waals surface area contributed by atoms with Crippen molar-refractivity contribution in [1.29, 1.82) is 0 Å². The van der Waals surface area contributed by atoms with Gasteiger partial charge in [0.15, 0.2) is 0 Å². The number of hydrogen-bond acceptors (Lipinski definition) is 4. The molecule has 1 aromatic carbocycles. The van der Waals surface area contributed by atoms with E-state index in [1.807, 2.05) is 20.8 Å². The second kappa shape index (κ2) is 6.13. The van der Waals surface area contributed by atoms with Crippen LogP contribution in [0.25, 0.3) is 0 Å². The summed E-state index contributed by atoms with van der Waals surface area (Å²) in [6, 6.07) is 2.18. The average molecular weight is 313 g/mol. The third-order valence-corrected chi connectivity index (χ3v) is 3.17. The van der Waals surface area contributed by atoms with Gasteiger partial charge in [0, 0.05) is 24.2 Å². The summed E-state index contributed by atoms with van der Waals surface area (Å²) in [5.74, 6) is -1.27. The Morgan fingerprint density at radius 1 is 1.52 bits per heavy atom. The Labute approximate surface area is 127 Å². The summed E-state index contributed by atoms with van der Waals surface area (Å²) in [6.45, 7) is 9.68. The van der Waals surface area contributed by atoms with Crippen LogP contribution >= 0.6 is 11.6 Å². The Morgan fingerprint density at radius 2 is 2.10 bits per heavy atom. The SMILES string of the molecule is C=CCN(c1c(Cl)cc([N+](=O)[O-])cc1C(=O)O)C(C)(C)C. The number of carboxylic acids is 1. The summed E-state index contributed by atoms with van der Waals surface area (Å²) in [5, 5.41) is 20.2. The molecule has 0 atom stereocenters. The molecule has 6 nitrogen and oxygen atoms in total. The zero-order chi connectivity index (χ0) is 16.4. The number of anilines is 1. The van der Waals surface area contributed by atoms with Crippen LogP contribution in [0.2, 0.25) is 5.02 Å². The van der Waals surface area contributed by atoms with E-state index in [1.165, 1.54) is 0 Å². The lowest BCUT2D eigenvalue weighted by Crippen LogP contribution is -2.42. The molecule has 0 radical (unpaired) electrons. The predicted octanol–water partition coefficient (Wildman–Crippen LogP) is 3.74. The monoisotopic (exact) mass is 312 g/mol. The highest BCUT2D eigenvalue weighted by Gasteiger charge is 2.29. The molecule has 0 saturated heterocycles. The van der Waals surface area contributed by atoms with Gasteiger partial charge in [-0.1, -0.05) is 17.7 Å². The highest BCUT2D eigenvalue weighted by Crippen LogP contribution is 2.37. The summed E-state index contributed by atoms with van der Waals surface area (Å²) in [4.78, 5) is 23.4. The van der Waals surface area contributed by atoms with Gasteiger partial charge in [0.05, 0.1) is 21.2 Å². The molecule has 0 spiro atoms. The maximum atomic E-state index is 11.5. The van der Waals surface area contributed by atoms with Crippen LogP contribution < -0.4 is 4.90 Å². The molecular weight excluding hydrogens is 296 g/mol. The summed E-state index contributed by atoms with van der Waals surface area (Å²) in [6.07, 6.45) is 1.62. The molecule has 114 valence electrons. The number of hydrogen-bond donors (Lipinski definition) is 1. The second-order valence-corrected chi connectivity index (χ2v) is 5.86. The molecule has 0 aliphatic rings. The van der Waals surface area contributed by atoms with E-state index in [2.05, 4.69) is 6.58 Å². The normalized spacial score (nSPS) is 11.0. The van der Waals surface area contributed by atoms with E-state index in [-0.39, 0.29) is 22.0 Å². The van der Waals surface area contributed by atoms with Gasteiger partial charge in [-0.2, -0.15) is 0 Å². The molecule has 0 heterocycles. The van der Waals surface area contributed by atoms with Gasteiger partial charge in [0.1, 0.15) is 0 Å². The van der Waals surface area contributed by atoms with Gasteiger partial charge in [-0.05, 0) is 20.8 Å². The first-order chi connectivity index (χ1) is 9.59. The largest absolute Gasteiger partial charge is 0.478 e. The number of nitrogens with zero attached hydrogens (tertiary/aromatic N) is 2. The molecule has 0 unspecified atom stereocenters. The summed E-state index contributed by atoms with van der Waals surface area (Å²) < 4.78 is 0. The molecule has 0 aliphatic carbocycles. The van der Waals surface area contributed by atoms with Crippen molar-refractivity contribution >= 4 is 28.9 Å². The number of nitro benzene ring substituents is 1. The number of carbonyl (C=O) groups is 1. The van der Waals surface area contributed by atoms with Gasteiger partial charge < -0.3 is 10.0 Å².